The van der Waals surface area contributed by atoms with Gasteiger partial charge in [-0.1, -0.05) is 0 Å². The summed E-state index contributed by atoms with van der Waals surface area (Å²) in [6, 6.07) is 13.0. The molecule has 0 radical (unpaired) electrons. The van der Waals surface area contributed by atoms with Crippen LogP contribution in [0.25, 0.3) is 11.4 Å². The first-order valence-electron chi connectivity index (χ1n) is 10.0. The fourth-order valence-electron chi connectivity index (χ4n) is 3.20. The summed E-state index contributed by atoms with van der Waals surface area (Å²) in [5.74, 6) is 1.03. The monoisotopic (exact) mass is 426 g/mol. The third kappa shape index (κ3) is 4.93. The molecule has 0 unspecified atom stereocenters. The van der Waals surface area contributed by atoms with Crippen molar-refractivity contribution >= 4 is 5.91 Å². The number of benzene rings is 2. The van der Waals surface area contributed by atoms with E-state index in [4.69, 9.17) is 9.47 Å². The zero-order chi connectivity index (χ0) is 21.8. The van der Waals surface area contributed by atoms with Crippen LogP contribution in [0.4, 0.5) is 4.39 Å². The molecule has 0 saturated heterocycles. The van der Waals surface area contributed by atoms with Crippen LogP contribution in [0.5, 0.6) is 11.5 Å². The molecule has 1 saturated carbocycles. The van der Waals surface area contributed by atoms with Gasteiger partial charge in [0.25, 0.3) is 5.91 Å². The van der Waals surface area contributed by atoms with Gasteiger partial charge in [0.15, 0.2) is 12.4 Å². The SMILES string of the molecule is COc1ccc(-c2nn(CCNC(=O)COc3ccc(F)cc3)c(=O)n2C2CC2)cc1. The summed E-state index contributed by atoms with van der Waals surface area (Å²) < 4.78 is 26.5. The van der Waals surface area contributed by atoms with Crippen LogP contribution in [-0.4, -0.2) is 40.5 Å². The number of hydrogen-bond acceptors (Lipinski definition) is 5. The number of nitrogens with zero attached hydrogens (tertiary/aromatic N) is 3. The van der Waals surface area contributed by atoms with Crippen LogP contribution in [0.2, 0.25) is 0 Å². The van der Waals surface area contributed by atoms with Gasteiger partial charge in [0.2, 0.25) is 0 Å². The number of carbonyl (C=O) groups is 1. The second kappa shape index (κ2) is 9.03. The molecule has 1 aromatic heterocycles. The Kier molecular flexibility index (Phi) is 6.01. The zero-order valence-electron chi connectivity index (χ0n) is 17.1. The summed E-state index contributed by atoms with van der Waals surface area (Å²) in [6.45, 7) is 0.271. The Morgan fingerprint density at radius 1 is 1.13 bits per heavy atom. The second-order valence-corrected chi connectivity index (χ2v) is 7.25. The van der Waals surface area contributed by atoms with Gasteiger partial charge in [0.05, 0.1) is 13.7 Å². The van der Waals surface area contributed by atoms with E-state index in [0.29, 0.717) is 11.6 Å². The highest BCUT2D eigenvalue weighted by Gasteiger charge is 2.30. The van der Waals surface area contributed by atoms with E-state index in [1.165, 1.54) is 28.9 Å². The van der Waals surface area contributed by atoms with Crippen LogP contribution in [0.3, 0.4) is 0 Å². The van der Waals surface area contributed by atoms with Gasteiger partial charge in [0, 0.05) is 18.2 Å². The highest BCUT2D eigenvalue weighted by Crippen LogP contribution is 2.36. The molecule has 2 aromatic carbocycles. The fourth-order valence-corrected chi connectivity index (χ4v) is 3.20. The number of amides is 1. The minimum Gasteiger partial charge on any atom is -0.497 e. The van der Waals surface area contributed by atoms with Crippen molar-refractivity contribution in [2.24, 2.45) is 0 Å². The molecule has 31 heavy (non-hydrogen) atoms. The summed E-state index contributed by atoms with van der Waals surface area (Å²) >= 11 is 0. The van der Waals surface area contributed by atoms with E-state index in [-0.39, 0.29) is 43.2 Å². The van der Waals surface area contributed by atoms with Crippen LogP contribution in [-0.2, 0) is 11.3 Å². The summed E-state index contributed by atoms with van der Waals surface area (Å²) in [5.41, 5.74) is 0.644. The van der Waals surface area contributed by atoms with Crippen molar-refractivity contribution < 1.29 is 18.7 Å². The smallest absolute Gasteiger partial charge is 0.346 e. The lowest BCUT2D eigenvalue weighted by atomic mass is 10.2. The molecule has 1 aliphatic carbocycles. The first-order valence-corrected chi connectivity index (χ1v) is 10.0. The van der Waals surface area contributed by atoms with Gasteiger partial charge in [-0.2, -0.15) is 0 Å². The van der Waals surface area contributed by atoms with Gasteiger partial charge in [0.1, 0.15) is 17.3 Å². The molecule has 1 N–H and O–H groups in total. The van der Waals surface area contributed by atoms with Gasteiger partial charge >= 0.3 is 5.69 Å². The Morgan fingerprint density at radius 2 is 1.81 bits per heavy atom. The number of rotatable bonds is 9. The van der Waals surface area contributed by atoms with Crippen molar-refractivity contribution in [1.82, 2.24) is 19.7 Å². The average Bonchev–Trinajstić information content (AvgIpc) is 3.57. The zero-order valence-corrected chi connectivity index (χ0v) is 17.1. The summed E-state index contributed by atoms with van der Waals surface area (Å²) in [4.78, 5) is 24.8. The van der Waals surface area contributed by atoms with E-state index >= 15 is 0 Å². The Balaban J connectivity index is 1.37. The van der Waals surface area contributed by atoms with E-state index in [1.54, 1.807) is 11.7 Å². The van der Waals surface area contributed by atoms with Crippen LogP contribution in [0, 0.1) is 5.82 Å². The van der Waals surface area contributed by atoms with E-state index < -0.39 is 0 Å². The molecule has 4 rings (SSSR count). The predicted octanol–water partition coefficient (Wildman–Crippen LogP) is 2.39. The molecule has 9 heteroatoms. The predicted molar refractivity (Wildman–Crippen MR) is 112 cm³/mol. The molecule has 1 aliphatic rings. The molecule has 1 amide bonds. The molecule has 3 aromatic rings. The number of nitrogens with one attached hydrogen (secondary N) is 1. The highest BCUT2D eigenvalue weighted by molar-refractivity contribution is 5.77. The average molecular weight is 426 g/mol. The van der Waals surface area contributed by atoms with Crippen molar-refractivity contribution in [1.29, 1.82) is 0 Å². The van der Waals surface area contributed by atoms with Crippen molar-refractivity contribution in [3.8, 4) is 22.9 Å². The number of ether oxygens (including phenoxy) is 2. The Morgan fingerprint density at radius 3 is 2.45 bits per heavy atom. The van der Waals surface area contributed by atoms with Crippen LogP contribution >= 0.6 is 0 Å². The van der Waals surface area contributed by atoms with E-state index in [0.717, 1.165) is 24.2 Å². The standard InChI is InChI=1S/C22H23FN4O4/c1-30-18-8-2-15(3-9-18)21-25-26(22(29)27(21)17-6-7-17)13-12-24-20(28)14-31-19-10-4-16(23)5-11-19/h2-5,8-11,17H,6-7,12-14H2,1H3,(H,24,28). The largest absolute Gasteiger partial charge is 0.497 e. The molecule has 1 fully saturated rings. The normalized spacial score (nSPS) is 13.1. The van der Waals surface area contributed by atoms with Gasteiger partial charge in [-0.25, -0.2) is 13.9 Å². The number of hydrogen-bond donors (Lipinski definition) is 1. The molecule has 0 atom stereocenters. The van der Waals surface area contributed by atoms with Gasteiger partial charge < -0.3 is 14.8 Å². The van der Waals surface area contributed by atoms with Gasteiger partial charge in [-0.15, -0.1) is 5.10 Å². The van der Waals surface area contributed by atoms with Gasteiger partial charge in [-0.05, 0) is 61.4 Å². The first-order chi connectivity index (χ1) is 15.0. The van der Waals surface area contributed by atoms with Gasteiger partial charge in [-0.3, -0.25) is 9.36 Å². The second-order valence-electron chi connectivity index (χ2n) is 7.25. The summed E-state index contributed by atoms with van der Waals surface area (Å²) in [7, 11) is 1.60. The summed E-state index contributed by atoms with van der Waals surface area (Å²) in [5, 5.41) is 7.21. The molecular formula is C22H23FN4O4. The lowest BCUT2D eigenvalue weighted by Crippen LogP contribution is -2.34. The van der Waals surface area contributed by atoms with Crippen LogP contribution in [0.1, 0.15) is 18.9 Å². The van der Waals surface area contributed by atoms with E-state index in [2.05, 4.69) is 10.4 Å². The van der Waals surface area contributed by atoms with E-state index in [9.17, 15) is 14.0 Å². The third-order valence-electron chi connectivity index (χ3n) is 4.96. The number of aromatic nitrogens is 3. The Bertz CT molecular complexity index is 1100. The molecule has 0 spiro atoms. The topological polar surface area (TPSA) is 87.4 Å². The number of halogens is 1. The molecule has 8 nitrogen and oxygen atoms in total. The molecule has 0 aliphatic heterocycles. The highest BCUT2D eigenvalue weighted by atomic mass is 19.1. The molecule has 162 valence electrons. The quantitative estimate of drug-likeness (QED) is 0.568. The maximum atomic E-state index is 12.9. The van der Waals surface area contributed by atoms with Crippen molar-refractivity contribution in [2.45, 2.75) is 25.4 Å². The lowest BCUT2D eigenvalue weighted by Gasteiger charge is -2.07. The first kappa shape index (κ1) is 20.6. The molecule has 0 bridgehead atoms. The van der Waals surface area contributed by atoms with Crippen molar-refractivity contribution in [3.05, 3.63) is 64.8 Å². The molecular weight excluding hydrogens is 403 g/mol. The number of methoxy groups -OCH3 is 1. The van der Waals surface area contributed by atoms with Crippen LogP contribution in [0.15, 0.2) is 53.3 Å². The minimum atomic E-state index is -0.373. The van der Waals surface area contributed by atoms with Crippen LogP contribution < -0.4 is 20.5 Å². The molecule has 1 heterocycles. The maximum absolute atomic E-state index is 12.9. The van der Waals surface area contributed by atoms with Crippen molar-refractivity contribution in [2.75, 3.05) is 20.3 Å². The Labute approximate surface area is 178 Å². The third-order valence-corrected chi connectivity index (χ3v) is 4.96. The number of carbonyl (C=O) groups excluding carboxylic acids is 1. The van der Waals surface area contributed by atoms with E-state index in [1.807, 2.05) is 24.3 Å². The Hall–Kier alpha value is -3.62. The minimum absolute atomic E-state index is 0.164. The summed E-state index contributed by atoms with van der Waals surface area (Å²) in [6.07, 6.45) is 1.90. The lowest BCUT2D eigenvalue weighted by molar-refractivity contribution is -0.123. The fraction of sp³-hybridized carbons (Fsp3) is 0.318. The van der Waals surface area contributed by atoms with Crippen molar-refractivity contribution in [3.63, 3.8) is 0 Å². The maximum Gasteiger partial charge on any atom is 0.346 e.